The number of nitriles is 1. The van der Waals surface area contributed by atoms with Crippen molar-refractivity contribution < 1.29 is 13.9 Å². The molecule has 2 aromatic rings. The highest BCUT2D eigenvalue weighted by Crippen LogP contribution is 2.32. The maximum absolute atomic E-state index is 14.2. The number of nitrogen functional groups attached to an aromatic ring is 1. The topological polar surface area (TPSA) is 81.0 Å². The van der Waals surface area contributed by atoms with Gasteiger partial charge in [0.1, 0.15) is 17.6 Å². The van der Waals surface area contributed by atoms with Crippen molar-refractivity contribution in [3.63, 3.8) is 0 Å². The van der Waals surface area contributed by atoms with Gasteiger partial charge in [0.15, 0.2) is 5.69 Å². The van der Waals surface area contributed by atoms with Crippen LogP contribution in [-0.2, 0) is 4.74 Å². The number of carbonyl (C=O) groups is 1. The number of aromatic nitrogens is 1. The zero-order valence-electron chi connectivity index (χ0n) is 10.7. The number of esters is 1. The van der Waals surface area contributed by atoms with Gasteiger partial charge < -0.3 is 15.0 Å². The summed E-state index contributed by atoms with van der Waals surface area (Å²) < 4.78 is 20.3. The summed E-state index contributed by atoms with van der Waals surface area (Å²) in [7, 11) is 1.16. The van der Waals surface area contributed by atoms with Crippen LogP contribution in [0.4, 0.5) is 10.1 Å². The molecule has 0 saturated carbocycles. The molecule has 0 amide bonds. The highest BCUT2D eigenvalue weighted by atomic mass is 79.9. The van der Waals surface area contributed by atoms with Crippen LogP contribution in [0.3, 0.4) is 0 Å². The smallest absolute Gasteiger partial charge is 0.357 e. The number of nitrogens with zero attached hydrogens (tertiary/aromatic N) is 2. The van der Waals surface area contributed by atoms with Crippen molar-refractivity contribution in [3.05, 3.63) is 44.9 Å². The maximum atomic E-state index is 14.2. The Morgan fingerprint density at radius 1 is 1.57 bits per heavy atom. The molecule has 0 aliphatic carbocycles. The van der Waals surface area contributed by atoms with E-state index >= 15 is 0 Å². The molecule has 0 unspecified atom stereocenters. The minimum Gasteiger partial charge on any atom is -0.464 e. The zero-order valence-corrected chi connectivity index (χ0v) is 13.0. The van der Waals surface area contributed by atoms with Gasteiger partial charge in [-0.25, -0.2) is 9.18 Å². The Bertz CT molecular complexity index is 759. The fourth-order valence-corrected chi connectivity index (χ4v) is 2.72. The molecule has 0 atom stereocenters. The lowest BCUT2D eigenvalue weighted by atomic mass is 10.2. The van der Waals surface area contributed by atoms with Crippen molar-refractivity contribution in [2.45, 2.75) is 0 Å². The molecule has 0 aliphatic rings. The van der Waals surface area contributed by atoms with Crippen LogP contribution in [0.25, 0.3) is 5.69 Å². The highest BCUT2D eigenvalue weighted by molar-refractivity contribution is 9.10. The first-order chi connectivity index (χ1) is 9.90. The lowest BCUT2D eigenvalue weighted by molar-refractivity contribution is 0.0593. The molecule has 21 heavy (non-hydrogen) atoms. The second-order valence-corrected chi connectivity index (χ2v) is 5.32. The predicted molar refractivity (Wildman–Crippen MR) is 78.9 cm³/mol. The van der Waals surface area contributed by atoms with E-state index in [9.17, 15) is 9.18 Å². The first-order valence-corrected chi connectivity index (χ1v) is 6.72. The number of nitrogens with two attached hydrogens (primary N) is 1. The number of hydrogen-bond acceptors (Lipinski definition) is 4. The second-order valence-electron chi connectivity index (χ2n) is 4.00. The molecule has 2 rings (SSSR count). The van der Waals surface area contributed by atoms with Crippen molar-refractivity contribution in [1.82, 2.24) is 4.57 Å². The normalized spacial score (nSPS) is 10.2. The summed E-state index contributed by atoms with van der Waals surface area (Å²) in [4.78, 5) is 11.8. The van der Waals surface area contributed by atoms with E-state index in [2.05, 4.69) is 20.7 Å². The van der Waals surface area contributed by atoms with Gasteiger partial charge in [-0.05, 0) is 12.1 Å². The Hall–Kier alpha value is -2.04. The van der Waals surface area contributed by atoms with Gasteiger partial charge in [-0.2, -0.15) is 5.26 Å². The summed E-state index contributed by atoms with van der Waals surface area (Å²) in [5.74, 6) is -1.48. The van der Waals surface area contributed by atoms with E-state index in [1.165, 1.54) is 18.3 Å². The number of benzene rings is 1. The number of halogens is 3. The third-order valence-electron chi connectivity index (χ3n) is 2.77. The van der Waals surface area contributed by atoms with Crippen LogP contribution in [0.2, 0.25) is 5.02 Å². The molecule has 0 bridgehead atoms. The quantitative estimate of drug-likeness (QED) is 0.820. The van der Waals surface area contributed by atoms with Crippen LogP contribution in [0, 0.1) is 17.1 Å². The standard InChI is InChI=1S/C13H8BrClFN3O2/c1-21-13(20)12-10(18)6(4-17)5-19(12)11-8(15)2-7(14)3-9(11)16/h2-3,5H,18H2,1H3. The molecule has 8 heteroatoms. The van der Waals surface area contributed by atoms with E-state index in [0.717, 1.165) is 11.7 Å². The van der Waals surface area contributed by atoms with Crippen LogP contribution in [0.1, 0.15) is 16.1 Å². The molecule has 0 spiro atoms. The lowest BCUT2D eigenvalue weighted by Crippen LogP contribution is -2.12. The largest absolute Gasteiger partial charge is 0.464 e. The molecule has 0 aliphatic heterocycles. The average Bonchev–Trinajstić information content (AvgIpc) is 2.73. The second kappa shape index (κ2) is 5.76. The van der Waals surface area contributed by atoms with Crippen LogP contribution >= 0.6 is 27.5 Å². The number of hydrogen-bond donors (Lipinski definition) is 1. The van der Waals surface area contributed by atoms with E-state index in [0.29, 0.717) is 4.47 Å². The number of anilines is 1. The van der Waals surface area contributed by atoms with Crippen LogP contribution < -0.4 is 5.73 Å². The summed E-state index contributed by atoms with van der Waals surface area (Å²) in [6, 6.07) is 4.47. The summed E-state index contributed by atoms with van der Waals surface area (Å²) in [6.07, 6.45) is 1.24. The van der Waals surface area contributed by atoms with E-state index in [1.54, 1.807) is 0 Å². The van der Waals surface area contributed by atoms with Gasteiger partial charge in [-0.1, -0.05) is 27.5 Å². The number of ether oxygens (including phenoxy) is 1. The first kappa shape index (κ1) is 15.4. The van der Waals surface area contributed by atoms with Crippen LogP contribution in [0.15, 0.2) is 22.8 Å². The summed E-state index contributed by atoms with van der Waals surface area (Å²) in [5, 5.41) is 9.06. The zero-order chi connectivity index (χ0) is 15.7. The molecule has 108 valence electrons. The third kappa shape index (κ3) is 2.60. The van der Waals surface area contributed by atoms with Gasteiger partial charge in [-0.3, -0.25) is 0 Å². The SMILES string of the molecule is COC(=O)c1c(N)c(C#N)cn1-c1c(F)cc(Br)cc1Cl. The van der Waals surface area contributed by atoms with E-state index in [1.807, 2.05) is 6.07 Å². The molecule has 1 heterocycles. The van der Waals surface area contributed by atoms with Crippen molar-refractivity contribution in [1.29, 1.82) is 5.26 Å². The summed E-state index contributed by atoms with van der Waals surface area (Å²) in [5.41, 5.74) is 5.42. The number of carbonyl (C=O) groups excluding carboxylic acids is 1. The minimum absolute atomic E-state index is 0.0220. The fraction of sp³-hybridized carbons (Fsp3) is 0.0769. The Balaban J connectivity index is 2.82. The molecule has 0 radical (unpaired) electrons. The number of rotatable bonds is 2. The molecule has 1 aromatic heterocycles. The monoisotopic (exact) mass is 371 g/mol. The van der Waals surface area contributed by atoms with Crippen LogP contribution in [-0.4, -0.2) is 17.6 Å². The summed E-state index contributed by atoms with van der Waals surface area (Å²) >= 11 is 9.14. The maximum Gasteiger partial charge on any atom is 0.357 e. The molecule has 2 N–H and O–H groups in total. The predicted octanol–water partition coefficient (Wildman–Crippen LogP) is 3.27. The van der Waals surface area contributed by atoms with E-state index < -0.39 is 11.8 Å². The first-order valence-electron chi connectivity index (χ1n) is 5.54. The molecule has 5 nitrogen and oxygen atoms in total. The minimum atomic E-state index is -0.799. The Kier molecular flexibility index (Phi) is 4.21. The van der Waals surface area contributed by atoms with Crippen molar-refractivity contribution in [3.8, 4) is 11.8 Å². The number of methoxy groups -OCH3 is 1. The van der Waals surface area contributed by atoms with Crippen LogP contribution in [0.5, 0.6) is 0 Å². The lowest BCUT2D eigenvalue weighted by Gasteiger charge is -2.11. The highest BCUT2D eigenvalue weighted by Gasteiger charge is 2.24. The van der Waals surface area contributed by atoms with Crippen molar-refractivity contribution in [2.75, 3.05) is 12.8 Å². The summed E-state index contributed by atoms with van der Waals surface area (Å²) in [6.45, 7) is 0. The Morgan fingerprint density at radius 3 is 2.76 bits per heavy atom. The Morgan fingerprint density at radius 2 is 2.24 bits per heavy atom. The molecule has 1 aromatic carbocycles. The van der Waals surface area contributed by atoms with Gasteiger partial charge in [0, 0.05) is 10.7 Å². The molecular formula is C13H8BrClFN3O2. The molecule has 0 saturated heterocycles. The van der Waals surface area contributed by atoms with Crippen molar-refractivity contribution >= 4 is 39.2 Å². The van der Waals surface area contributed by atoms with Gasteiger partial charge in [0.25, 0.3) is 0 Å². The van der Waals surface area contributed by atoms with Gasteiger partial charge in [0.05, 0.1) is 23.4 Å². The fourth-order valence-electron chi connectivity index (χ4n) is 1.86. The average molecular weight is 373 g/mol. The third-order valence-corrected chi connectivity index (χ3v) is 3.51. The molecule has 0 fully saturated rings. The van der Waals surface area contributed by atoms with Crippen molar-refractivity contribution in [2.24, 2.45) is 0 Å². The van der Waals surface area contributed by atoms with E-state index in [4.69, 9.17) is 22.6 Å². The van der Waals surface area contributed by atoms with Gasteiger partial charge in [0.2, 0.25) is 0 Å². The van der Waals surface area contributed by atoms with E-state index in [-0.39, 0.29) is 27.7 Å². The van der Waals surface area contributed by atoms with Gasteiger partial charge in [-0.15, -0.1) is 0 Å². The van der Waals surface area contributed by atoms with Gasteiger partial charge >= 0.3 is 5.97 Å². The molecular weight excluding hydrogens is 365 g/mol. The Labute approximate surface area is 132 Å².